The average Bonchev–Trinajstić information content (AvgIpc) is 1.54. The number of nitrogens with one attached hydrogen (secondary N) is 1. The summed E-state index contributed by atoms with van der Waals surface area (Å²) in [6, 6.07) is 123. The molecule has 16 aromatic carbocycles. The van der Waals surface area contributed by atoms with Gasteiger partial charge in [0, 0.05) is 120 Å². The van der Waals surface area contributed by atoms with E-state index in [1.165, 1.54) is 192 Å². The summed E-state index contributed by atoms with van der Waals surface area (Å²) in [4.78, 5) is 3.77. The molecule has 0 radical (unpaired) electrons. The van der Waals surface area contributed by atoms with E-state index in [4.69, 9.17) is 0 Å². The second-order valence-corrected chi connectivity index (χ2v) is 28.8. The Morgan fingerprint density at radius 1 is 0.222 bits per heavy atom. The minimum Gasteiger partial charge on any atom is -0.354 e. The van der Waals surface area contributed by atoms with E-state index in [9.17, 15) is 0 Å². The predicted molar refractivity (Wildman–Crippen MR) is 436 cm³/mol. The van der Waals surface area contributed by atoms with Gasteiger partial charge in [-0.2, -0.15) is 0 Å². The number of aromatic amines is 1. The Morgan fingerprint density at radius 3 is 1.08 bits per heavy atom. The number of para-hydroxylation sites is 5. The largest absolute Gasteiger partial charge is 0.354 e. The van der Waals surface area contributed by atoms with Gasteiger partial charge in [-0.05, 0) is 141 Å². The van der Waals surface area contributed by atoms with E-state index in [1.807, 2.05) is 40.9 Å². The van der Waals surface area contributed by atoms with Crippen molar-refractivity contribution < 1.29 is 0 Å². The lowest BCUT2D eigenvalue weighted by atomic mass is 9.99. The molecule has 0 saturated carbocycles. The van der Waals surface area contributed by atoms with Crippen molar-refractivity contribution in [1.29, 1.82) is 0 Å². The van der Waals surface area contributed by atoms with Crippen LogP contribution in [0, 0.1) is 3.57 Å². The molecule has 1 N–H and O–H groups in total. The van der Waals surface area contributed by atoms with Gasteiger partial charge in [0.15, 0.2) is 0 Å². The molecule has 0 amide bonds. The molecule has 0 spiro atoms. The zero-order valence-electron chi connectivity index (χ0n) is 53.4. The van der Waals surface area contributed by atoms with Crippen molar-refractivity contribution in [3.8, 4) is 39.3 Å². The number of H-pyrrole nitrogens is 1. The molecule has 0 fully saturated rings. The maximum atomic E-state index is 3.77. The fourth-order valence-electron chi connectivity index (χ4n) is 15.9. The van der Waals surface area contributed by atoms with Crippen LogP contribution in [0.1, 0.15) is 0 Å². The lowest BCUT2D eigenvalue weighted by Gasteiger charge is -2.11. The number of aromatic nitrogens is 4. The van der Waals surface area contributed by atoms with Crippen LogP contribution in [0.25, 0.3) is 188 Å². The maximum Gasteiger partial charge on any atom is 0.0634 e. The number of fused-ring (bicyclic) bond motifs is 28. The minimum atomic E-state index is 1.17. The van der Waals surface area contributed by atoms with Crippen molar-refractivity contribution in [2.75, 3.05) is 0 Å². The van der Waals surface area contributed by atoms with Crippen LogP contribution in [0.3, 0.4) is 0 Å². The first-order valence-corrected chi connectivity index (χ1v) is 36.3. The zero-order chi connectivity index (χ0) is 65.2. The minimum absolute atomic E-state index is 1.17. The number of hydrogen-bond acceptors (Lipinski definition) is 2. The monoisotopic (exact) mass is 1410 g/mol. The van der Waals surface area contributed by atoms with Gasteiger partial charge in [-0.3, -0.25) is 0 Å². The zero-order valence-corrected chi connectivity index (χ0v) is 57.2. The Hall–Kier alpha value is -11.6. The van der Waals surface area contributed by atoms with Crippen molar-refractivity contribution in [2.24, 2.45) is 0 Å². The molecule has 464 valence electrons. The highest BCUT2D eigenvalue weighted by molar-refractivity contribution is 14.1. The van der Waals surface area contributed by atoms with Crippen molar-refractivity contribution in [3.63, 3.8) is 0 Å². The number of rotatable bonds is 5. The van der Waals surface area contributed by atoms with Gasteiger partial charge < -0.3 is 18.7 Å². The van der Waals surface area contributed by atoms with E-state index >= 15 is 0 Å². The lowest BCUT2D eigenvalue weighted by Crippen LogP contribution is -1.94. The average molecular weight is 1410 g/mol. The van der Waals surface area contributed by atoms with Crippen molar-refractivity contribution in [1.82, 2.24) is 18.7 Å². The molecule has 4 nitrogen and oxygen atoms in total. The third-order valence-corrected chi connectivity index (χ3v) is 23.3. The first-order valence-electron chi connectivity index (χ1n) is 33.6. The highest BCUT2D eigenvalue weighted by atomic mass is 127. The van der Waals surface area contributed by atoms with Gasteiger partial charge in [0.1, 0.15) is 0 Å². The van der Waals surface area contributed by atoms with Gasteiger partial charge in [0.05, 0.1) is 38.6 Å². The lowest BCUT2D eigenvalue weighted by molar-refractivity contribution is 1.18. The standard InChI is InChI=1S/C46H28N2S.C40H24N2S.C6H5I/c1-3-13-29(14-4-1)30-23-25-32(26-24-30)47-38-21-11-9-19-35(38)42-40(47)28-27-37-41-33-17-7-8-18-34(33)44-43(46(41)49-45(37)42)36-20-10-12-22-39(36)48(44)31-15-5-2-6-16-31;1-2-10-24(11-3-1)25-18-20-26(21-19-25)42-33-17-9-7-15-30(33)36-34(42)23-22-31-35-27-12-4-5-13-28(27)38-37(40(35)43-39(31)36)29-14-6-8-16-32(29)41-38;7-6-4-2-1-3-5-6/h1-28H;1-23,41H;1-5H. The van der Waals surface area contributed by atoms with Crippen LogP contribution < -0.4 is 0 Å². The maximum absolute atomic E-state index is 3.77. The quantitative estimate of drug-likeness (QED) is 0.167. The Bertz CT molecular complexity index is 6940. The Morgan fingerprint density at radius 2 is 0.586 bits per heavy atom. The van der Waals surface area contributed by atoms with Gasteiger partial charge in [-0.15, -0.1) is 22.7 Å². The van der Waals surface area contributed by atoms with E-state index < -0.39 is 0 Å². The van der Waals surface area contributed by atoms with Crippen LogP contribution >= 0.6 is 45.3 Å². The summed E-state index contributed by atoms with van der Waals surface area (Å²) >= 11 is 6.18. The normalized spacial score (nSPS) is 11.9. The number of thiophene rings is 2. The molecule has 0 aliphatic rings. The van der Waals surface area contributed by atoms with Crippen LogP contribution in [0.2, 0.25) is 0 Å². The van der Waals surface area contributed by atoms with Gasteiger partial charge in [-0.25, -0.2) is 0 Å². The molecule has 99 heavy (non-hydrogen) atoms. The molecule has 6 heterocycles. The highest BCUT2D eigenvalue weighted by Gasteiger charge is 2.26. The summed E-state index contributed by atoms with van der Waals surface area (Å²) in [7, 11) is 0. The summed E-state index contributed by atoms with van der Waals surface area (Å²) in [5.41, 5.74) is 18.3. The first kappa shape index (κ1) is 57.6. The third kappa shape index (κ3) is 9.08. The van der Waals surface area contributed by atoms with Crippen LogP contribution in [0.4, 0.5) is 0 Å². The van der Waals surface area contributed by atoms with Crippen LogP contribution in [-0.2, 0) is 0 Å². The Kier molecular flexibility index (Phi) is 13.6. The van der Waals surface area contributed by atoms with Gasteiger partial charge in [0.25, 0.3) is 0 Å². The van der Waals surface area contributed by atoms with Crippen LogP contribution in [0.15, 0.2) is 340 Å². The van der Waals surface area contributed by atoms with Crippen molar-refractivity contribution >= 4 is 194 Å². The highest BCUT2D eigenvalue weighted by Crippen LogP contribution is 2.53. The van der Waals surface area contributed by atoms with E-state index in [2.05, 4.69) is 363 Å². The van der Waals surface area contributed by atoms with Gasteiger partial charge in [-0.1, -0.05) is 255 Å². The number of benzene rings is 16. The van der Waals surface area contributed by atoms with Gasteiger partial charge >= 0.3 is 0 Å². The van der Waals surface area contributed by atoms with Crippen LogP contribution in [-0.4, -0.2) is 18.7 Å². The second kappa shape index (κ2) is 23.3. The predicted octanol–water partition coefficient (Wildman–Crippen LogP) is 27.0. The molecule has 22 rings (SSSR count). The fourth-order valence-corrected chi connectivity index (χ4v) is 19.2. The Balaban J connectivity index is 0.000000123. The molecule has 0 bridgehead atoms. The number of nitrogens with zero attached hydrogens (tertiary/aromatic N) is 3. The number of hydrogen-bond donors (Lipinski definition) is 1. The molecular formula is C92H57IN4S2. The van der Waals surface area contributed by atoms with E-state index in [-0.39, 0.29) is 0 Å². The molecule has 22 aromatic rings. The summed E-state index contributed by atoms with van der Waals surface area (Å²) < 4.78 is 14.0. The Labute approximate surface area is 590 Å². The summed E-state index contributed by atoms with van der Waals surface area (Å²) in [5, 5.41) is 21.0. The summed E-state index contributed by atoms with van der Waals surface area (Å²) in [6.45, 7) is 0. The smallest absolute Gasteiger partial charge is 0.0634 e. The molecule has 0 aliphatic carbocycles. The molecule has 0 unspecified atom stereocenters. The molecule has 7 heteroatoms. The summed E-state index contributed by atoms with van der Waals surface area (Å²) in [5.74, 6) is 0. The molecule has 6 aromatic heterocycles. The third-order valence-electron chi connectivity index (χ3n) is 20.1. The molecule has 0 aliphatic heterocycles. The van der Waals surface area contributed by atoms with Crippen molar-refractivity contribution in [3.05, 3.63) is 343 Å². The van der Waals surface area contributed by atoms with Crippen molar-refractivity contribution in [2.45, 2.75) is 0 Å². The summed E-state index contributed by atoms with van der Waals surface area (Å²) in [6.07, 6.45) is 0. The fraction of sp³-hybridized carbons (Fsp3) is 0. The van der Waals surface area contributed by atoms with E-state index in [0.717, 1.165) is 0 Å². The van der Waals surface area contributed by atoms with Gasteiger partial charge in [0.2, 0.25) is 0 Å². The topological polar surface area (TPSA) is 30.6 Å². The molecule has 0 saturated heterocycles. The van der Waals surface area contributed by atoms with Crippen LogP contribution in [0.5, 0.6) is 0 Å². The van der Waals surface area contributed by atoms with E-state index in [1.54, 1.807) is 0 Å². The molecular weight excluding hydrogens is 1350 g/mol. The number of halogens is 1. The second-order valence-electron chi connectivity index (χ2n) is 25.5. The molecule has 0 atom stereocenters. The SMILES string of the molecule is Ic1ccccc1.c1ccc(-c2ccc(-n3c4ccccc4c4c5sc6c(c7ccccc7c7[nH]c8ccccc8c76)c5ccc43)cc2)cc1.c1ccc(-c2ccc(-n3c4ccccc4c4c5sc6c(c7ccccc7c7c6c6ccccc6n7-c6ccccc6)c5ccc43)cc2)cc1. The van der Waals surface area contributed by atoms with E-state index in [0.29, 0.717) is 0 Å². The first-order chi connectivity index (χ1) is 49.1.